The van der Waals surface area contributed by atoms with Gasteiger partial charge < -0.3 is 16.2 Å². The zero-order chi connectivity index (χ0) is 20.0. The average molecular weight is 385 g/mol. The van der Waals surface area contributed by atoms with Gasteiger partial charge in [0.05, 0.1) is 0 Å². The quantitative estimate of drug-likeness (QED) is 0.175. The first kappa shape index (κ1) is 26.1. The van der Waals surface area contributed by atoms with E-state index in [2.05, 4.69) is 0 Å². The molecule has 0 saturated carbocycles. The van der Waals surface area contributed by atoms with Crippen LogP contribution in [0, 0.1) is 0 Å². The van der Waals surface area contributed by atoms with Gasteiger partial charge in [-0.15, -0.1) is 0 Å². The number of hydrogen-bond acceptors (Lipinski definition) is 5. The van der Waals surface area contributed by atoms with Crippen LogP contribution in [0.2, 0.25) is 0 Å². The van der Waals surface area contributed by atoms with Gasteiger partial charge >= 0.3 is 11.9 Å². The third-order valence-corrected chi connectivity index (χ3v) is 4.90. The minimum absolute atomic E-state index is 0.358. The number of nitrogens with two attached hydrogens (primary N) is 2. The van der Waals surface area contributed by atoms with E-state index in [9.17, 15) is 9.59 Å². The molecule has 0 radical (unpaired) electrons. The lowest BCUT2D eigenvalue weighted by molar-refractivity contribution is -0.159. The van der Waals surface area contributed by atoms with E-state index in [1.807, 2.05) is 0 Å². The van der Waals surface area contributed by atoms with Crippen LogP contribution in [-0.4, -0.2) is 25.0 Å². The molecule has 4 N–H and O–H groups in total. The van der Waals surface area contributed by atoms with E-state index in [1.165, 1.54) is 51.4 Å². The second-order valence-corrected chi connectivity index (χ2v) is 7.58. The van der Waals surface area contributed by atoms with Crippen LogP contribution >= 0.6 is 0 Å². The van der Waals surface area contributed by atoms with Gasteiger partial charge in [-0.1, -0.05) is 77.0 Å². The number of carbonyl (C=O) groups excluding carboxylic acids is 2. The van der Waals surface area contributed by atoms with Crippen molar-refractivity contribution in [3.63, 3.8) is 0 Å². The molecule has 0 heterocycles. The molecule has 0 atom stereocenters. The first-order valence-electron chi connectivity index (χ1n) is 11.3. The van der Waals surface area contributed by atoms with Gasteiger partial charge in [-0.2, -0.15) is 0 Å². The molecule has 160 valence electrons. The minimum Gasteiger partial charge on any atom is -0.393 e. The standard InChI is InChI=1S/C22H44N2O3/c23-19-15-11-7-3-1-5-9-13-17-21(25)27-22(26)18-14-10-6-2-4-8-12-16-20-24/h1-20,23-24H2. The van der Waals surface area contributed by atoms with Crippen LogP contribution < -0.4 is 11.5 Å². The summed E-state index contributed by atoms with van der Waals surface area (Å²) in [7, 11) is 0. The van der Waals surface area contributed by atoms with E-state index >= 15 is 0 Å². The molecule has 0 fully saturated rings. The molecule has 0 aromatic rings. The van der Waals surface area contributed by atoms with Crippen molar-refractivity contribution in [1.82, 2.24) is 0 Å². The number of esters is 2. The molecule has 0 bridgehead atoms. The van der Waals surface area contributed by atoms with E-state index in [0.29, 0.717) is 12.8 Å². The van der Waals surface area contributed by atoms with Gasteiger partial charge in [-0.25, -0.2) is 0 Å². The lowest BCUT2D eigenvalue weighted by Crippen LogP contribution is -2.11. The summed E-state index contributed by atoms with van der Waals surface area (Å²) in [5, 5.41) is 0. The van der Waals surface area contributed by atoms with E-state index in [4.69, 9.17) is 16.2 Å². The molecule has 5 heteroatoms. The fourth-order valence-corrected chi connectivity index (χ4v) is 3.18. The second kappa shape index (κ2) is 21.4. The molecule has 0 unspecified atom stereocenters. The molecule has 0 aromatic carbocycles. The highest BCUT2D eigenvalue weighted by Gasteiger charge is 2.09. The molecule has 0 rings (SSSR count). The molecule has 0 amide bonds. The zero-order valence-corrected chi connectivity index (χ0v) is 17.5. The Morgan fingerprint density at radius 3 is 1.00 bits per heavy atom. The number of rotatable bonds is 20. The predicted octanol–water partition coefficient (Wildman–Crippen LogP) is 5.00. The predicted molar refractivity (Wildman–Crippen MR) is 112 cm³/mol. The summed E-state index contributed by atoms with van der Waals surface area (Å²) in [4.78, 5) is 23.3. The summed E-state index contributed by atoms with van der Waals surface area (Å²) < 4.78 is 4.89. The van der Waals surface area contributed by atoms with E-state index in [0.717, 1.165) is 64.5 Å². The molecule has 0 aliphatic rings. The molecule has 0 saturated heterocycles. The van der Waals surface area contributed by atoms with Crippen LogP contribution in [0.3, 0.4) is 0 Å². The van der Waals surface area contributed by atoms with Crippen molar-refractivity contribution in [3.05, 3.63) is 0 Å². The molecule has 0 spiro atoms. The van der Waals surface area contributed by atoms with Gasteiger partial charge in [-0.05, 0) is 38.8 Å². The van der Waals surface area contributed by atoms with Crippen molar-refractivity contribution in [2.75, 3.05) is 13.1 Å². The smallest absolute Gasteiger partial charge is 0.313 e. The highest BCUT2D eigenvalue weighted by molar-refractivity contribution is 5.85. The van der Waals surface area contributed by atoms with Crippen LogP contribution in [0.5, 0.6) is 0 Å². The van der Waals surface area contributed by atoms with Crippen molar-refractivity contribution < 1.29 is 14.3 Å². The van der Waals surface area contributed by atoms with Gasteiger partial charge in [0.2, 0.25) is 0 Å². The van der Waals surface area contributed by atoms with E-state index in [1.54, 1.807) is 0 Å². The van der Waals surface area contributed by atoms with Crippen LogP contribution in [0.25, 0.3) is 0 Å². The maximum atomic E-state index is 11.7. The highest BCUT2D eigenvalue weighted by Crippen LogP contribution is 2.11. The third kappa shape index (κ3) is 21.2. The monoisotopic (exact) mass is 384 g/mol. The summed E-state index contributed by atoms with van der Waals surface area (Å²) in [6.45, 7) is 1.58. The Labute approximate surface area is 167 Å². The normalized spacial score (nSPS) is 10.9. The van der Waals surface area contributed by atoms with E-state index < -0.39 is 0 Å². The molecular formula is C22H44N2O3. The van der Waals surface area contributed by atoms with Crippen molar-refractivity contribution in [2.24, 2.45) is 11.5 Å². The Balaban J connectivity index is 3.33. The highest BCUT2D eigenvalue weighted by atomic mass is 16.6. The number of hydrogen-bond donors (Lipinski definition) is 2. The number of carbonyl (C=O) groups is 2. The largest absolute Gasteiger partial charge is 0.393 e. The van der Waals surface area contributed by atoms with Crippen molar-refractivity contribution in [1.29, 1.82) is 0 Å². The molecule has 0 aromatic heterocycles. The first-order chi connectivity index (χ1) is 13.2. The Hall–Kier alpha value is -0.940. The first-order valence-corrected chi connectivity index (χ1v) is 11.3. The van der Waals surface area contributed by atoms with Gasteiger partial charge in [-0.3, -0.25) is 9.59 Å². The topological polar surface area (TPSA) is 95.4 Å². The van der Waals surface area contributed by atoms with Gasteiger partial charge in [0.1, 0.15) is 0 Å². The second-order valence-electron chi connectivity index (χ2n) is 7.58. The van der Waals surface area contributed by atoms with Crippen molar-refractivity contribution >= 4 is 11.9 Å². The maximum absolute atomic E-state index is 11.7. The third-order valence-electron chi connectivity index (χ3n) is 4.90. The Kier molecular flexibility index (Phi) is 20.6. The SMILES string of the molecule is NCCCCCCCCCCC(=O)OC(=O)CCCCCCCCCCN. The Bertz CT molecular complexity index is 316. The average Bonchev–Trinajstić information content (AvgIpc) is 2.65. The van der Waals surface area contributed by atoms with Gasteiger partial charge in [0.15, 0.2) is 0 Å². The number of unbranched alkanes of at least 4 members (excludes halogenated alkanes) is 14. The van der Waals surface area contributed by atoms with Gasteiger partial charge in [0, 0.05) is 12.8 Å². The van der Waals surface area contributed by atoms with E-state index in [-0.39, 0.29) is 11.9 Å². The fraction of sp³-hybridized carbons (Fsp3) is 0.909. The van der Waals surface area contributed by atoms with Crippen LogP contribution in [0.15, 0.2) is 0 Å². The summed E-state index contributed by atoms with van der Waals surface area (Å²) >= 11 is 0. The van der Waals surface area contributed by atoms with Crippen LogP contribution in [0.1, 0.15) is 116 Å². The number of ether oxygens (including phenoxy) is 1. The summed E-state index contributed by atoms with van der Waals surface area (Å²) in [5.41, 5.74) is 10.9. The molecule has 27 heavy (non-hydrogen) atoms. The van der Waals surface area contributed by atoms with Crippen LogP contribution in [0.4, 0.5) is 0 Å². The lowest BCUT2D eigenvalue weighted by Gasteiger charge is -2.04. The van der Waals surface area contributed by atoms with Gasteiger partial charge in [0.25, 0.3) is 0 Å². The lowest BCUT2D eigenvalue weighted by atomic mass is 10.1. The minimum atomic E-state index is -0.358. The van der Waals surface area contributed by atoms with Crippen molar-refractivity contribution in [3.8, 4) is 0 Å². The van der Waals surface area contributed by atoms with Crippen molar-refractivity contribution in [2.45, 2.75) is 116 Å². The Morgan fingerprint density at radius 1 is 0.444 bits per heavy atom. The molecule has 5 nitrogen and oxygen atoms in total. The maximum Gasteiger partial charge on any atom is 0.313 e. The molecule has 0 aliphatic carbocycles. The molecular weight excluding hydrogens is 340 g/mol. The fourth-order valence-electron chi connectivity index (χ4n) is 3.18. The Morgan fingerprint density at radius 2 is 0.704 bits per heavy atom. The van der Waals surface area contributed by atoms with Crippen LogP contribution in [-0.2, 0) is 14.3 Å². The summed E-state index contributed by atoms with van der Waals surface area (Å²) in [6, 6.07) is 0. The zero-order valence-electron chi connectivity index (χ0n) is 17.5. The summed E-state index contributed by atoms with van der Waals surface area (Å²) in [5.74, 6) is -0.717. The summed E-state index contributed by atoms with van der Waals surface area (Å²) in [6.07, 6.45) is 18.8. The molecule has 0 aliphatic heterocycles.